The molecule has 6 nitrogen and oxygen atoms in total. The predicted molar refractivity (Wildman–Crippen MR) is 66.1 cm³/mol. The molecular formula is C12H13N3O3. The van der Waals surface area contributed by atoms with Gasteiger partial charge in [-0.1, -0.05) is 12.1 Å². The van der Waals surface area contributed by atoms with E-state index in [1.54, 1.807) is 19.2 Å². The van der Waals surface area contributed by atoms with Crippen LogP contribution in [0.5, 0.6) is 23.3 Å². The van der Waals surface area contributed by atoms with Gasteiger partial charge in [0.1, 0.15) is 6.33 Å². The first-order chi connectivity index (χ1) is 8.76. The minimum Gasteiger partial charge on any atom is -0.493 e. The van der Waals surface area contributed by atoms with Crippen LogP contribution < -0.4 is 19.9 Å². The van der Waals surface area contributed by atoms with Crippen molar-refractivity contribution in [1.29, 1.82) is 0 Å². The molecule has 1 aromatic heterocycles. The minimum atomic E-state index is 0.228. The third-order valence-electron chi connectivity index (χ3n) is 2.28. The molecule has 0 unspecified atom stereocenters. The minimum absolute atomic E-state index is 0.228. The lowest BCUT2D eigenvalue weighted by Gasteiger charge is -2.11. The van der Waals surface area contributed by atoms with Crippen molar-refractivity contribution in [3.8, 4) is 23.3 Å². The molecule has 0 aliphatic rings. The number of para-hydroxylation sites is 2. The second-order valence-corrected chi connectivity index (χ2v) is 3.35. The SMILES string of the molecule is COc1ccccc1Oc1ncnc(OC)c1N. The number of hydrogen-bond acceptors (Lipinski definition) is 6. The fourth-order valence-corrected chi connectivity index (χ4v) is 1.42. The molecule has 2 aromatic rings. The summed E-state index contributed by atoms with van der Waals surface area (Å²) in [7, 11) is 3.04. The van der Waals surface area contributed by atoms with Crippen LogP contribution in [0.2, 0.25) is 0 Å². The quantitative estimate of drug-likeness (QED) is 0.888. The zero-order valence-electron chi connectivity index (χ0n) is 10.1. The number of anilines is 1. The Bertz CT molecular complexity index is 546. The molecule has 1 heterocycles. The van der Waals surface area contributed by atoms with Gasteiger partial charge in [0.25, 0.3) is 0 Å². The van der Waals surface area contributed by atoms with Crippen LogP contribution in [0.3, 0.4) is 0 Å². The van der Waals surface area contributed by atoms with E-state index in [4.69, 9.17) is 19.9 Å². The average molecular weight is 247 g/mol. The molecular weight excluding hydrogens is 234 g/mol. The van der Waals surface area contributed by atoms with Crippen molar-refractivity contribution >= 4 is 5.69 Å². The molecule has 0 spiro atoms. The largest absolute Gasteiger partial charge is 0.493 e. The van der Waals surface area contributed by atoms with Gasteiger partial charge in [-0.15, -0.1) is 0 Å². The lowest BCUT2D eigenvalue weighted by molar-refractivity contribution is 0.368. The second kappa shape index (κ2) is 5.22. The van der Waals surface area contributed by atoms with E-state index < -0.39 is 0 Å². The van der Waals surface area contributed by atoms with Crippen molar-refractivity contribution in [2.75, 3.05) is 20.0 Å². The fourth-order valence-electron chi connectivity index (χ4n) is 1.42. The molecule has 0 amide bonds. The van der Waals surface area contributed by atoms with Gasteiger partial charge in [0.05, 0.1) is 14.2 Å². The maximum Gasteiger partial charge on any atom is 0.250 e. The summed E-state index contributed by atoms with van der Waals surface area (Å²) in [4.78, 5) is 7.84. The number of benzene rings is 1. The first-order valence-electron chi connectivity index (χ1n) is 5.21. The molecule has 18 heavy (non-hydrogen) atoms. The summed E-state index contributed by atoms with van der Waals surface area (Å²) in [5.74, 6) is 1.61. The van der Waals surface area contributed by atoms with E-state index in [2.05, 4.69) is 9.97 Å². The number of aromatic nitrogens is 2. The Kier molecular flexibility index (Phi) is 3.47. The van der Waals surface area contributed by atoms with Crippen molar-refractivity contribution in [3.05, 3.63) is 30.6 Å². The standard InChI is InChI=1S/C12H13N3O3/c1-16-8-5-3-4-6-9(8)18-12-10(13)11(17-2)14-7-15-12/h3-7H,13H2,1-2H3. The molecule has 94 valence electrons. The first kappa shape index (κ1) is 12.0. The molecule has 0 atom stereocenters. The molecule has 2 rings (SSSR count). The number of rotatable bonds is 4. The summed E-state index contributed by atoms with van der Waals surface area (Å²) in [5.41, 5.74) is 6.06. The molecule has 0 aliphatic carbocycles. The molecule has 0 saturated heterocycles. The number of nitrogen functional groups attached to an aromatic ring is 1. The third-order valence-corrected chi connectivity index (χ3v) is 2.28. The van der Waals surface area contributed by atoms with Gasteiger partial charge < -0.3 is 19.9 Å². The van der Waals surface area contributed by atoms with Gasteiger partial charge >= 0.3 is 0 Å². The summed E-state index contributed by atoms with van der Waals surface area (Å²) in [6.45, 7) is 0. The van der Waals surface area contributed by atoms with Crippen LogP contribution in [-0.4, -0.2) is 24.2 Å². The Morgan fingerprint density at radius 2 is 1.61 bits per heavy atom. The smallest absolute Gasteiger partial charge is 0.250 e. The van der Waals surface area contributed by atoms with E-state index in [1.165, 1.54) is 13.4 Å². The van der Waals surface area contributed by atoms with Gasteiger partial charge in [-0.25, -0.2) is 0 Å². The van der Waals surface area contributed by atoms with Gasteiger partial charge in [0.2, 0.25) is 11.8 Å². The van der Waals surface area contributed by atoms with E-state index >= 15 is 0 Å². The topological polar surface area (TPSA) is 79.5 Å². The van der Waals surface area contributed by atoms with E-state index in [0.717, 1.165) is 0 Å². The van der Waals surface area contributed by atoms with E-state index in [-0.39, 0.29) is 17.4 Å². The van der Waals surface area contributed by atoms with Crippen LogP contribution in [0, 0.1) is 0 Å². The molecule has 6 heteroatoms. The van der Waals surface area contributed by atoms with Gasteiger partial charge in [-0.2, -0.15) is 9.97 Å². The predicted octanol–water partition coefficient (Wildman–Crippen LogP) is 1.87. The average Bonchev–Trinajstić information content (AvgIpc) is 2.42. The summed E-state index contributed by atoms with van der Waals surface area (Å²) < 4.78 is 15.8. The fraction of sp³-hybridized carbons (Fsp3) is 0.167. The van der Waals surface area contributed by atoms with E-state index in [9.17, 15) is 0 Å². The van der Waals surface area contributed by atoms with Crippen molar-refractivity contribution in [2.24, 2.45) is 0 Å². The highest BCUT2D eigenvalue weighted by atomic mass is 16.5. The Labute approximate surface area is 104 Å². The van der Waals surface area contributed by atoms with E-state index in [1.807, 2.05) is 12.1 Å². The highest BCUT2D eigenvalue weighted by molar-refractivity contribution is 5.57. The number of hydrogen-bond donors (Lipinski definition) is 1. The van der Waals surface area contributed by atoms with Crippen molar-refractivity contribution < 1.29 is 14.2 Å². The van der Waals surface area contributed by atoms with Crippen LogP contribution in [0.1, 0.15) is 0 Å². The number of methoxy groups -OCH3 is 2. The highest BCUT2D eigenvalue weighted by Gasteiger charge is 2.12. The number of nitrogens with zero attached hydrogens (tertiary/aromatic N) is 2. The van der Waals surface area contributed by atoms with Crippen molar-refractivity contribution in [3.63, 3.8) is 0 Å². The van der Waals surface area contributed by atoms with Gasteiger partial charge in [-0.3, -0.25) is 0 Å². The summed E-state index contributed by atoms with van der Waals surface area (Å²) in [6.07, 6.45) is 1.32. The van der Waals surface area contributed by atoms with Crippen molar-refractivity contribution in [2.45, 2.75) is 0 Å². The van der Waals surface area contributed by atoms with Crippen LogP contribution in [-0.2, 0) is 0 Å². The first-order valence-corrected chi connectivity index (χ1v) is 5.21. The molecule has 1 aromatic carbocycles. The Morgan fingerprint density at radius 3 is 2.28 bits per heavy atom. The van der Waals surface area contributed by atoms with Crippen LogP contribution in [0.4, 0.5) is 5.69 Å². The zero-order chi connectivity index (χ0) is 13.0. The van der Waals surface area contributed by atoms with Crippen LogP contribution >= 0.6 is 0 Å². The van der Waals surface area contributed by atoms with Gasteiger partial charge in [0.15, 0.2) is 17.2 Å². The zero-order valence-corrected chi connectivity index (χ0v) is 10.1. The highest BCUT2D eigenvalue weighted by Crippen LogP contribution is 2.34. The van der Waals surface area contributed by atoms with Crippen LogP contribution in [0.15, 0.2) is 30.6 Å². The summed E-state index contributed by atoms with van der Waals surface area (Å²) in [6, 6.07) is 7.21. The summed E-state index contributed by atoms with van der Waals surface area (Å²) in [5, 5.41) is 0. The molecule has 2 N–H and O–H groups in total. The van der Waals surface area contributed by atoms with E-state index in [0.29, 0.717) is 11.5 Å². The lowest BCUT2D eigenvalue weighted by Crippen LogP contribution is -2.01. The Hall–Kier alpha value is -2.50. The number of nitrogens with two attached hydrogens (primary N) is 1. The second-order valence-electron chi connectivity index (χ2n) is 3.35. The number of ether oxygens (including phenoxy) is 3. The maximum absolute atomic E-state index is 5.82. The normalized spacial score (nSPS) is 9.89. The monoisotopic (exact) mass is 247 g/mol. The third kappa shape index (κ3) is 2.27. The van der Waals surface area contributed by atoms with Gasteiger partial charge in [0, 0.05) is 0 Å². The molecule has 0 fully saturated rings. The lowest BCUT2D eigenvalue weighted by atomic mass is 10.3. The Morgan fingerprint density at radius 1 is 0.944 bits per heavy atom. The molecule has 0 aliphatic heterocycles. The summed E-state index contributed by atoms with van der Waals surface area (Å²) >= 11 is 0. The molecule has 0 bridgehead atoms. The Balaban J connectivity index is 2.34. The molecule has 0 radical (unpaired) electrons. The van der Waals surface area contributed by atoms with Crippen LogP contribution in [0.25, 0.3) is 0 Å². The maximum atomic E-state index is 5.82. The van der Waals surface area contributed by atoms with Crippen molar-refractivity contribution in [1.82, 2.24) is 9.97 Å². The molecule has 0 saturated carbocycles. The van der Waals surface area contributed by atoms with Gasteiger partial charge in [-0.05, 0) is 12.1 Å².